The van der Waals surface area contributed by atoms with Crippen molar-refractivity contribution in [3.63, 3.8) is 0 Å². The van der Waals surface area contributed by atoms with Crippen molar-refractivity contribution < 1.29 is 97.1 Å². The minimum atomic E-state index is -5.27. The maximum absolute atomic E-state index is 12.0. The number of carbonyl (C=O) groups is 2. The van der Waals surface area contributed by atoms with Gasteiger partial charge >= 0.3 is 71.1 Å². The van der Waals surface area contributed by atoms with Crippen LogP contribution in [0.4, 0.5) is 0 Å². The van der Waals surface area contributed by atoms with Crippen LogP contribution in [-0.4, -0.2) is 31.3 Å². The van der Waals surface area contributed by atoms with Crippen molar-refractivity contribution >= 4 is 19.8 Å². The van der Waals surface area contributed by atoms with Crippen LogP contribution in [0.3, 0.4) is 0 Å². The molecule has 0 radical (unpaired) electrons. The van der Waals surface area contributed by atoms with E-state index in [1.807, 2.05) is 0 Å². The quantitative estimate of drug-likeness (QED) is 0.0516. The summed E-state index contributed by atoms with van der Waals surface area (Å²) in [6.07, 6.45) is 8.63. The number of hydrogen-bond donors (Lipinski definition) is 0. The third-order valence-corrected chi connectivity index (χ3v) is 4.54. The van der Waals surface area contributed by atoms with E-state index in [-0.39, 0.29) is 65.5 Å². The number of ether oxygens (including phenoxy) is 2. The summed E-state index contributed by atoms with van der Waals surface area (Å²) in [4.78, 5) is 45.0. The average Bonchev–Trinajstić information content (AvgIpc) is 2.73. The Morgan fingerprint density at radius 3 is 1.97 bits per heavy atom. The topological polar surface area (TPSA) is 125 Å². The maximum Gasteiger partial charge on any atom is 1.00 e. The Balaban J connectivity index is -0.00000480. The van der Waals surface area contributed by atoms with Crippen molar-refractivity contribution in [1.82, 2.24) is 0 Å². The molecule has 0 aromatic rings. The van der Waals surface area contributed by atoms with Crippen LogP contribution in [0.25, 0.3) is 0 Å². The van der Waals surface area contributed by atoms with E-state index in [2.05, 4.69) is 47.0 Å². The Bertz CT molecular complexity index is 793. The molecule has 0 aliphatic carbocycles. The van der Waals surface area contributed by atoms with Gasteiger partial charge in [0.2, 0.25) is 0 Å². The number of esters is 2. The normalized spacial score (nSPS) is 10.4. The molecule has 0 aliphatic heterocycles. The van der Waals surface area contributed by atoms with E-state index in [0.717, 1.165) is 19.3 Å². The van der Waals surface area contributed by atoms with Gasteiger partial charge in [0.15, 0.2) is 6.10 Å². The maximum atomic E-state index is 12.0. The summed E-state index contributed by atoms with van der Waals surface area (Å²) in [5.74, 6) is 12.4. The standard InChI is InChI=1S/C23H33O8P.2Na/c1-3-5-7-9-10-11-12-14-16-18-23(25)31-21(20-30-32(26,27)28)19-29-22(24)17-15-13-8-6-4-2;;/h21H,3,5,7,9-12,14,16,18-20H2,1-2H3,(H2,26,27,28);;/q;2*+1/p-2/t21-;;/m1../s1. The molecule has 0 amide bonds. The van der Waals surface area contributed by atoms with Crippen LogP contribution in [0.5, 0.6) is 0 Å². The van der Waals surface area contributed by atoms with Gasteiger partial charge in [-0.2, -0.15) is 0 Å². The first-order valence-electron chi connectivity index (χ1n) is 10.7. The summed E-state index contributed by atoms with van der Waals surface area (Å²) in [6.45, 7) is 2.51. The Morgan fingerprint density at radius 2 is 1.41 bits per heavy atom. The second kappa shape index (κ2) is 25.8. The molecule has 8 nitrogen and oxygen atoms in total. The fraction of sp³-hybridized carbons (Fsp3) is 0.652. The first kappa shape index (κ1) is 38.3. The zero-order chi connectivity index (χ0) is 24.1. The van der Waals surface area contributed by atoms with Gasteiger partial charge in [-0.1, -0.05) is 64.2 Å². The van der Waals surface area contributed by atoms with Crippen LogP contribution in [0, 0.1) is 35.5 Å². The van der Waals surface area contributed by atoms with Gasteiger partial charge in [0, 0.05) is 12.3 Å². The van der Waals surface area contributed by atoms with E-state index in [1.165, 1.54) is 32.1 Å². The van der Waals surface area contributed by atoms with E-state index in [1.54, 1.807) is 6.92 Å². The van der Waals surface area contributed by atoms with Gasteiger partial charge in [-0.3, -0.25) is 4.79 Å². The predicted octanol–water partition coefficient (Wildman–Crippen LogP) is -3.75. The van der Waals surface area contributed by atoms with Gasteiger partial charge in [-0.05, 0) is 37.0 Å². The summed E-state index contributed by atoms with van der Waals surface area (Å²) in [6, 6.07) is 0. The molecule has 178 valence electrons. The number of phosphoric ester groups is 1. The van der Waals surface area contributed by atoms with E-state index in [4.69, 9.17) is 9.47 Å². The number of carbonyl (C=O) groups excluding carboxylic acids is 2. The summed E-state index contributed by atoms with van der Waals surface area (Å²) in [7, 11) is -5.27. The zero-order valence-electron chi connectivity index (χ0n) is 20.8. The second-order valence-corrected chi connectivity index (χ2v) is 8.06. The second-order valence-electron chi connectivity index (χ2n) is 6.91. The Labute approximate surface area is 247 Å². The van der Waals surface area contributed by atoms with Gasteiger partial charge in [0.05, 0.1) is 14.4 Å². The number of hydrogen-bond acceptors (Lipinski definition) is 8. The zero-order valence-corrected chi connectivity index (χ0v) is 25.7. The van der Waals surface area contributed by atoms with Gasteiger partial charge in [0.25, 0.3) is 0 Å². The molecule has 1 atom stereocenters. The van der Waals surface area contributed by atoms with Crippen molar-refractivity contribution in [2.24, 2.45) is 0 Å². The number of unbranched alkanes of at least 4 members (excludes halogenated alkanes) is 8. The van der Waals surface area contributed by atoms with Crippen LogP contribution in [-0.2, 0) is 28.2 Å². The summed E-state index contributed by atoms with van der Waals surface area (Å²) in [5.41, 5.74) is 0. The molecule has 34 heavy (non-hydrogen) atoms. The van der Waals surface area contributed by atoms with Gasteiger partial charge in [-0.25, -0.2) is 4.79 Å². The largest absolute Gasteiger partial charge is 1.00 e. The number of phosphoric acid groups is 1. The van der Waals surface area contributed by atoms with Gasteiger partial charge in [0.1, 0.15) is 6.61 Å². The first-order chi connectivity index (χ1) is 15.3. The molecule has 0 saturated carbocycles. The molecular formula is C23H31Na2O8P. The predicted molar refractivity (Wildman–Crippen MR) is 115 cm³/mol. The molecule has 0 bridgehead atoms. The van der Waals surface area contributed by atoms with Crippen molar-refractivity contribution in [3.05, 3.63) is 0 Å². The number of rotatable bonds is 16. The van der Waals surface area contributed by atoms with E-state index < -0.39 is 39.1 Å². The van der Waals surface area contributed by atoms with Crippen LogP contribution in [0.15, 0.2) is 0 Å². The van der Waals surface area contributed by atoms with Gasteiger partial charge in [-0.15, -0.1) is 0 Å². The molecule has 0 aromatic heterocycles. The summed E-state index contributed by atoms with van der Waals surface area (Å²) in [5, 5.41) is 0. The van der Waals surface area contributed by atoms with E-state index in [0.29, 0.717) is 6.42 Å². The van der Waals surface area contributed by atoms with Gasteiger partial charge < -0.3 is 28.3 Å². The monoisotopic (exact) mass is 512 g/mol. The fourth-order valence-electron chi connectivity index (χ4n) is 2.53. The van der Waals surface area contributed by atoms with Crippen molar-refractivity contribution in [3.8, 4) is 35.5 Å². The van der Waals surface area contributed by atoms with Crippen molar-refractivity contribution in [2.75, 3.05) is 13.2 Å². The summed E-state index contributed by atoms with van der Waals surface area (Å²) >= 11 is 0. The molecule has 0 spiro atoms. The van der Waals surface area contributed by atoms with Crippen LogP contribution in [0.1, 0.15) is 78.1 Å². The molecule has 0 rings (SSSR count). The van der Waals surface area contributed by atoms with Crippen LogP contribution < -0.4 is 68.9 Å². The fourth-order valence-corrected chi connectivity index (χ4v) is 2.88. The Kier molecular flexibility index (Phi) is 29.0. The average molecular weight is 512 g/mol. The Morgan fingerprint density at radius 1 is 0.853 bits per heavy atom. The Hall–Kier alpha value is -0.270. The third-order valence-electron chi connectivity index (χ3n) is 4.08. The summed E-state index contributed by atoms with van der Waals surface area (Å²) < 4.78 is 24.7. The first-order valence-corrected chi connectivity index (χ1v) is 12.2. The van der Waals surface area contributed by atoms with Crippen molar-refractivity contribution in [1.29, 1.82) is 0 Å². The van der Waals surface area contributed by atoms with E-state index >= 15 is 0 Å². The molecule has 0 heterocycles. The molecule has 0 fully saturated rings. The molecule has 0 saturated heterocycles. The van der Waals surface area contributed by atoms with E-state index in [9.17, 15) is 23.9 Å². The third kappa shape index (κ3) is 28.0. The smallest absolute Gasteiger partial charge is 0.790 e. The minimum absolute atomic E-state index is 0. The molecule has 0 aromatic carbocycles. The molecule has 0 aliphatic rings. The van der Waals surface area contributed by atoms with Crippen LogP contribution >= 0.6 is 7.82 Å². The minimum Gasteiger partial charge on any atom is -0.790 e. The molecule has 0 N–H and O–H groups in total. The molecule has 11 heteroatoms. The molecular weight excluding hydrogens is 481 g/mol. The SMILES string of the molecule is CC#CC#CC#CC(=O)OC[C@H](COP(=O)([O-])[O-])OC(=O)CCCCCCCCCCC.[Na+].[Na+]. The molecule has 0 unspecified atom stereocenters. The van der Waals surface area contributed by atoms with Crippen molar-refractivity contribution in [2.45, 2.75) is 84.2 Å². The van der Waals surface area contributed by atoms with Crippen LogP contribution in [0.2, 0.25) is 0 Å².